The summed E-state index contributed by atoms with van der Waals surface area (Å²) in [6.07, 6.45) is 4.58. The van der Waals surface area contributed by atoms with E-state index < -0.39 is 0 Å². The molecule has 4 rings (SSSR count). The Labute approximate surface area is 178 Å². The maximum atomic E-state index is 11.0. The van der Waals surface area contributed by atoms with Crippen molar-refractivity contribution >= 4 is 16.8 Å². The molecule has 0 aliphatic heterocycles. The summed E-state index contributed by atoms with van der Waals surface area (Å²) in [5.74, 6) is 2.34. The van der Waals surface area contributed by atoms with E-state index in [9.17, 15) is 4.79 Å². The van der Waals surface area contributed by atoms with Gasteiger partial charge in [-0.25, -0.2) is 4.68 Å². The number of aromatic nitrogens is 2. The average Bonchev–Trinajstić information content (AvgIpc) is 3.49. The third-order valence-electron chi connectivity index (χ3n) is 4.71. The van der Waals surface area contributed by atoms with Gasteiger partial charge in [-0.1, -0.05) is 13.8 Å². The van der Waals surface area contributed by atoms with Crippen LogP contribution in [0.15, 0.2) is 48.7 Å². The van der Waals surface area contributed by atoms with Crippen LogP contribution in [0.2, 0.25) is 0 Å². The van der Waals surface area contributed by atoms with E-state index in [2.05, 4.69) is 10.4 Å². The van der Waals surface area contributed by atoms with Gasteiger partial charge in [-0.15, -0.1) is 0 Å². The standard InChI is InChI=1S/C22H25N3O3.C2H6/c1-15(23-16(2)26)13-27-20-7-5-19(6-8-20)25-12-18-11-21(9-10-22(18)24-25)28-14-17-3-4-17;1-2/h5-12,15,17H,3-4,13-14H2,1-2H3,(H,23,26);1-2H3/t15-;/m0./s1. The van der Waals surface area contributed by atoms with Gasteiger partial charge in [0.1, 0.15) is 18.1 Å². The van der Waals surface area contributed by atoms with E-state index in [0.29, 0.717) is 6.61 Å². The molecular formula is C24H31N3O3. The summed E-state index contributed by atoms with van der Waals surface area (Å²) < 4.78 is 13.4. The Morgan fingerprint density at radius 1 is 1.13 bits per heavy atom. The van der Waals surface area contributed by atoms with Crippen molar-refractivity contribution in [3.05, 3.63) is 48.7 Å². The number of amides is 1. The summed E-state index contributed by atoms with van der Waals surface area (Å²) in [5.41, 5.74) is 1.89. The average molecular weight is 410 g/mol. The summed E-state index contributed by atoms with van der Waals surface area (Å²) in [6.45, 7) is 8.64. The van der Waals surface area contributed by atoms with Crippen LogP contribution in [0.25, 0.3) is 16.6 Å². The van der Waals surface area contributed by atoms with Crippen LogP contribution in [0.3, 0.4) is 0 Å². The van der Waals surface area contributed by atoms with Crippen molar-refractivity contribution in [3.8, 4) is 17.2 Å². The van der Waals surface area contributed by atoms with Gasteiger partial charge in [-0.3, -0.25) is 4.79 Å². The minimum atomic E-state index is -0.0571. The summed E-state index contributed by atoms with van der Waals surface area (Å²) >= 11 is 0. The van der Waals surface area contributed by atoms with Crippen molar-refractivity contribution < 1.29 is 14.3 Å². The Morgan fingerprint density at radius 2 is 1.83 bits per heavy atom. The van der Waals surface area contributed by atoms with Crippen molar-refractivity contribution in [3.63, 3.8) is 0 Å². The highest BCUT2D eigenvalue weighted by molar-refractivity contribution is 5.80. The SMILES string of the molecule is CC.CC(=O)N[C@@H](C)COc1ccc(-n2cc3cc(OCC4CC4)ccc3n2)cc1. The van der Waals surface area contributed by atoms with Crippen molar-refractivity contribution in [1.82, 2.24) is 15.1 Å². The van der Waals surface area contributed by atoms with Crippen molar-refractivity contribution in [2.75, 3.05) is 13.2 Å². The maximum Gasteiger partial charge on any atom is 0.217 e. The zero-order chi connectivity index (χ0) is 21.5. The quantitative estimate of drug-likeness (QED) is 0.583. The molecule has 0 radical (unpaired) electrons. The molecule has 0 saturated heterocycles. The van der Waals surface area contributed by atoms with E-state index in [4.69, 9.17) is 9.47 Å². The maximum absolute atomic E-state index is 11.0. The molecule has 1 aliphatic carbocycles. The monoisotopic (exact) mass is 409 g/mol. The van der Waals surface area contributed by atoms with Crippen molar-refractivity contribution in [2.24, 2.45) is 5.92 Å². The molecule has 1 aliphatic rings. The number of carbonyl (C=O) groups is 1. The van der Waals surface area contributed by atoms with Gasteiger partial charge in [0.25, 0.3) is 0 Å². The van der Waals surface area contributed by atoms with Gasteiger partial charge >= 0.3 is 0 Å². The second-order valence-electron chi connectivity index (χ2n) is 7.46. The third kappa shape index (κ3) is 5.99. The van der Waals surface area contributed by atoms with Gasteiger partial charge in [0, 0.05) is 18.5 Å². The van der Waals surface area contributed by atoms with E-state index in [1.54, 1.807) is 0 Å². The molecule has 1 saturated carbocycles. The molecule has 6 heteroatoms. The molecule has 0 unspecified atom stereocenters. The van der Waals surface area contributed by atoms with E-state index in [0.717, 1.165) is 40.6 Å². The van der Waals surface area contributed by atoms with E-state index in [1.807, 2.05) is 74.1 Å². The van der Waals surface area contributed by atoms with Gasteiger partial charge in [0.05, 0.1) is 23.9 Å². The Hall–Kier alpha value is -3.02. The molecule has 0 bridgehead atoms. The molecule has 1 atom stereocenters. The normalized spacial score (nSPS) is 13.9. The fourth-order valence-electron chi connectivity index (χ4n) is 3.03. The second kappa shape index (κ2) is 10.1. The number of fused-ring (bicyclic) bond motifs is 1. The third-order valence-corrected chi connectivity index (χ3v) is 4.71. The second-order valence-corrected chi connectivity index (χ2v) is 7.46. The van der Waals surface area contributed by atoms with Crippen LogP contribution >= 0.6 is 0 Å². The predicted octanol–water partition coefficient (Wildman–Crippen LogP) is 4.74. The van der Waals surface area contributed by atoms with Crippen LogP contribution < -0.4 is 14.8 Å². The van der Waals surface area contributed by atoms with E-state index in [-0.39, 0.29) is 11.9 Å². The summed E-state index contributed by atoms with van der Waals surface area (Å²) in [7, 11) is 0. The molecule has 1 N–H and O–H groups in total. The topological polar surface area (TPSA) is 65.4 Å². The lowest BCUT2D eigenvalue weighted by atomic mass is 10.2. The highest BCUT2D eigenvalue weighted by Crippen LogP contribution is 2.30. The number of hydrogen-bond acceptors (Lipinski definition) is 4. The molecule has 1 heterocycles. The molecule has 1 aromatic heterocycles. The minimum absolute atomic E-state index is 0.0371. The fraction of sp³-hybridized carbons (Fsp3) is 0.417. The number of benzene rings is 2. The van der Waals surface area contributed by atoms with E-state index in [1.165, 1.54) is 19.8 Å². The number of rotatable bonds is 8. The predicted molar refractivity (Wildman–Crippen MR) is 119 cm³/mol. The lowest BCUT2D eigenvalue weighted by Gasteiger charge is -2.14. The van der Waals surface area contributed by atoms with Gasteiger partial charge in [0.2, 0.25) is 5.91 Å². The zero-order valence-electron chi connectivity index (χ0n) is 18.2. The summed E-state index contributed by atoms with van der Waals surface area (Å²) in [4.78, 5) is 11.0. The van der Waals surface area contributed by atoms with Crippen molar-refractivity contribution in [2.45, 2.75) is 46.6 Å². The lowest BCUT2D eigenvalue weighted by molar-refractivity contribution is -0.119. The first kappa shape index (κ1) is 21.7. The molecular weight excluding hydrogens is 378 g/mol. The van der Waals surface area contributed by atoms with Crippen LogP contribution in [0, 0.1) is 5.92 Å². The molecule has 2 aromatic carbocycles. The van der Waals surface area contributed by atoms with Crippen LogP contribution in [0.4, 0.5) is 0 Å². The van der Waals surface area contributed by atoms with E-state index >= 15 is 0 Å². The van der Waals surface area contributed by atoms with Crippen LogP contribution in [-0.4, -0.2) is 34.9 Å². The van der Waals surface area contributed by atoms with Crippen LogP contribution in [0.5, 0.6) is 11.5 Å². The molecule has 6 nitrogen and oxygen atoms in total. The van der Waals surface area contributed by atoms with Gasteiger partial charge in [0.15, 0.2) is 0 Å². The molecule has 1 amide bonds. The number of hydrogen-bond donors (Lipinski definition) is 1. The Kier molecular flexibility index (Phi) is 7.33. The molecule has 160 valence electrons. The molecule has 1 fully saturated rings. The van der Waals surface area contributed by atoms with Crippen molar-refractivity contribution in [1.29, 1.82) is 0 Å². The highest BCUT2D eigenvalue weighted by atomic mass is 16.5. The molecule has 3 aromatic rings. The first-order valence-electron chi connectivity index (χ1n) is 10.7. The Morgan fingerprint density at radius 3 is 2.50 bits per heavy atom. The van der Waals surface area contributed by atoms with Gasteiger partial charge in [-0.2, -0.15) is 5.10 Å². The Balaban J connectivity index is 0.00000124. The zero-order valence-corrected chi connectivity index (χ0v) is 18.2. The first-order valence-corrected chi connectivity index (χ1v) is 10.7. The molecule has 0 spiro atoms. The lowest BCUT2D eigenvalue weighted by Crippen LogP contribution is -2.35. The fourth-order valence-corrected chi connectivity index (χ4v) is 3.03. The van der Waals surface area contributed by atoms with Crippen LogP contribution in [0.1, 0.15) is 40.5 Å². The number of ether oxygens (including phenoxy) is 2. The number of nitrogens with one attached hydrogen (secondary N) is 1. The highest BCUT2D eigenvalue weighted by Gasteiger charge is 2.21. The summed E-state index contributed by atoms with van der Waals surface area (Å²) in [5, 5.41) is 8.49. The van der Waals surface area contributed by atoms with Crippen LogP contribution in [-0.2, 0) is 4.79 Å². The largest absolute Gasteiger partial charge is 0.493 e. The first-order chi connectivity index (χ1) is 14.6. The van der Waals surface area contributed by atoms with Gasteiger partial charge in [-0.05, 0) is 68.1 Å². The minimum Gasteiger partial charge on any atom is -0.493 e. The summed E-state index contributed by atoms with van der Waals surface area (Å²) in [6, 6.07) is 13.7. The number of carbonyl (C=O) groups excluding carboxylic acids is 1. The van der Waals surface area contributed by atoms with Gasteiger partial charge < -0.3 is 14.8 Å². The molecule has 30 heavy (non-hydrogen) atoms. The Bertz CT molecular complexity index is 961. The smallest absolute Gasteiger partial charge is 0.217 e. The number of nitrogens with zero attached hydrogens (tertiary/aromatic N) is 2.